The van der Waals surface area contributed by atoms with Gasteiger partial charge in [-0.1, -0.05) is 52.1 Å². The summed E-state index contributed by atoms with van der Waals surface area (Å²) in [4.78, 5) is 5.04. The van der Waals surface area contributed by atoms with E-state index in [1.165, 1.54) is 0 Å². The molecule has 2 atom stereocenters. The van der Waals surface area contributed by atoms with E-state index in [9.17, 15) is 0 Å². The molecule has 1 fully saturated rings. The van der Waals surface area contributed by atoms with Crippen LogP contribution in [0.25, 0.3) is 0 Å². The minimum Gasteiger partial charge on any atom is -0.492 e. The zero-order chi connectivity index (χ0) is 20.2. The van der Waals surface area contributed by atoms with Crippen molar-refractivity contribution < 1.29 is 14.3 Å². The average Bonchev–Trinajstić information content (AvgIpc) is 3.13. The topological polar surface area (TPSA) is 64.1 Å². The highest BCUT2D eigenvalue weighted by Gasteiger charge is 2.28. The molecule has 0 bridgehead atoms. The van der Waals surface area contributed by atoms with Crippen LogP contribution in [-0.4, -0.2) is 38.9 Å². The second kappa shape index (κ2) is 9.41. The molecule has 29 heavy (non-hydrogen) atoms. The van der Waals surface area contributed by atoms with Gasteiger partial charge in [0.05, 0.1) is 39.9 Å². The molecule has 2 aromatic carbocycles. The summed E-state index contributed by atoms with van der Waals surface area (Å²) in [5.74, 6) is 1.24. The summed E-state index contributed by atoms with van der Waals surface area (Å²) in [7, 11) is 0. The molecule has 2 aliphatic heterocycles. The monoisotopic (exact) mass is 455 g/mol. The van der Waals surface area contributed by atoms with Gasteiger partial charge in [-0.25, -0.2) is 0 Å². The zero-order valence-corrected chi connectivity index (χ0v) is 17.7. The van der Waals surface area contributed by atoms with Gasteiger partial charge >= 0.3 is 0 Å². The zero-order valence-electron chi connectivity index (χ0n) is 15.5. The van der Waals surface area contributed by atoms with E-state index in [0.29, 0.717) is 52.2 Å². The first-order valence-electron chi connectivity index (χ1n) is 9.26. The number of hydrogen-bond acceptors (Lipinski definition) is 6. The predicted octanol–water partition coefficient (Wildman–Crippen LogP) is 4.24. The lowest BCUT2D eigenvalue weighted by Crippen LogP contribution is -2.30. The van der Waals surface area contributed by atoms with Gasteiger partial charge in [0, 0.05) is 19.0 Å². The Bertz CT molecular complexity index is 910. The van der Waals surface area contributed by atoms with E-state index in [4.69, 9.17) is 49.1 Å². The summed E-state index contributed by atoms with van der Waals surface area (Å²) in [6.45, 7) is 2.83. The van der Waals surface area contributed by atoms with Crippen molar-refractivity contribution in [3.8, 4) is 5.75 Å². The fourth-order valence-corrected chi connectivity index (χ4v) is 3.97. The lowest BCUT2D eigenvalue weighted by molar-refractivity contribution is 0.0153. The van der Waals surface area contributed by atoms with Crippen LogP contribution >= 0.6 is 34.8 Å². The van der Waals surface area contributed by atoms with Gasteiger partial charge in [-0.2, -0.15) is 0 Å². The molecule has 6 nitrogen and oxygen atoms in total. The first-order valence-corrected chi connectivity index (χ1v) is 10.4. The van der Waals surface area contributed by atoms with E-state index in [1.807, 2.05) is 24.3 Å². The molecular weight excluding hydrogens is 437 g/mol. The predicted molar refractivity (Wildman–Crippen MR) is 114 cm³/mol. The van der Waals surface area contributed by atoms with Crippen molar-refractivity contribution in [1.29, 1.82) is 0 Å². The molecule has 9 heteroatoms. The number of nitrogens with one attached hydrogen (secondary N) is 2. The smallest absolute Gasteiger partial charge is 0.188 e. The molecule has 0 radical (unpaired) electrons. The van der Waals surface area contributed by atoms with Crippen LogP contribution < -0.4 is 15.4 Å². The Morgan fingerprint density at radius 1 is 1.10 bits per heavy atom. The second-order valence-corrected chi connectivity index (χ2v) is 7.96. The van der Waals surface area contributed by atoms with Crippen molar-refractivity contribution in [1.82, 2.24) is 10.6 Å². The highest BCUT2D eigenvalue weighted by atomic mass is 35.5. The van der Waals surface area contributed by atoms with Crippen molar-refractivity contribution in [2.24, 2.45) is 11.1 Å². The number of ether oxygens (including phenoxy) is 2. The summed E-state index contributed by atoms with van der Waals surface area (Å²) in [5.41, 5.74) is 1.65. The van der Waals surface area contributed by atoms with Crippen molar-refractivity contribution in [3.63, 3.8) is 0 Å². The lowest BCUT2D eigenvalue weighted by Gasteiger charge is -2.26. The number of amidine groups is 1. The molecule has 0 aromatic heterocycles. The van der Waals surface area contributed by atoms with Crippen molar-refractivity contribution in [2.75, 3.05) is 33.0 Å². The molecule has 2 heterocycles. The minimum absolute atomic E-state index is 0.0521. The largest absolute Gasteiger partial charge is 0.492 e. The van der Waals surface area contributed by atoms with E-state index < -0.39 is 0 Å². The van der Waals surface area contributed by atoms with E-state index in [0.717, 1.165) is 18.7 Å². The minimum atomic E-state index is -0.173. The first-order chi connectivity index (χ1) is 14.1. The first kappa shape index (κ1) is 20.6. The van der Waals surface area contributed by atoms with Gasteiger partial charge in [-0.05, 0) is 29.8 Å². The number of benzene rings is 2. The maximum absolute atomic E-state index is 6.39. The van der Waals surface area contributed by atoms with Gasteiger partial charge < -0.3 is 24.9 Å². The molecule has 0 amide bonds. The molecule has 0 saturated carbocycles. The Kier molecular flexibility index (Phi) is 6.67. The van der Waals surface area contributed by atoms with Crippen LogP contribution in [-0.2, 0) is 9.57 Å². The fraction of sp³-hybridized carbons (Fsp3) is 0.350. The number of hydrogen-bond donors (Lipinski definition) is 2. The third-order valence-corrected chi connectivity index (χ3v) is 5.86. The van der Waals surface area contributed by atoms with E-state index in [1.54, 1.807) is 12.1 Å². The van der Waals surface area contributed by atoms with Gasteiger partial charge in [-0.15, -0.1) is 0 Å². The summed E-state index contributed by atoms with van der Waals surface area (Å²) in [5, 5.41) is 12.0. The van der Waals surface area contributed by atoms with Gasteiger partial charge in [-0.3, -0.25) is 0 Å². The Morgan fingerprint density at radius 2 is 2.00 bits per heavy atom. The molecule has 0 unspecified atom stereocenters. The fourth-order valence-electron chi connectivity index (χ4n) is 3.41. The molecule has 2 N–H and O–H groups in total. The van der Waals surface area contributed by atoms with Crippen LogP contribution in [0.15, 0.2) is 41.6 Å². The second-order valence-electron chi connectivity index (χ2n) is 6.74. The Hall–Kier alpha value is -1.70. The summed E-state index contributed by atoms with van der Waals surface area (Å²) in [6.07, 6.45) is -0.173. The third-order valence-electron chi connectivity index (χ3n) is 4.81. The molecule has 0 aliphatic carbocycles. The molecule has 0 spiro atoms. The highest BCUT2D eigenvalue weighted by Crippen LogP contribution is 2.34. The van der Waals surface area contributed by atoms with Crippen LogP contribution in [0.1, 0.15) is 17.2 Å². The van der Waals surface area contributed by atoms with Gasteiger partial charge in [0.15, 0.2) is 12.6 Å². The van der Waals surface area contributed by atoms with E-state index in [2.05, 4.69) is 15.8 Å². The quantitative estimate of drug-likeness (QED) is 0.704. The molecule has 2 aromatic rings. The van der Waals surface area contributed by atoms with E-state index >= 15 is 0 Å². The number of nitrogens with zero attached hydrogens (tertiary/aromatic N) is 1. The molecular formula is C20H20Cl3N3O3. The number of rotatable bonds is 5. The van der Waals surface area contributed by atoms with Gasteiger partial charge in [0.2, 0.25) is 0 Å². The van der Waals surface area contributed by atoms with Crippen LogP contribution in [0.4, 0.5) is 0 Å². The number of oxime groups is 1. The van der Waals surface area contributed by atoms with Gasteiger partial charge in [0.25, 0.3) is 0 Å². The maximum Gasteiger partial charge on any atom is 0.188 e. The SMILES string of the molecule is Clc1ccc([C@@H]2OCCNC[C@H]2COc2cccc(Cl)c2C2=NOCN2)cc1Cl. The van der Waals surface area contributed by atoms with Crippen molar-refractivity contribution >= 4 is 40.6 Å². The molecule has 2 aliphatic rings. The van der Waals surface area contributed by atoms with Gasteiger partial charge in [0.1, 0.15) is 5.75 Å². The lowest BCUT2D eigenvalue weighted by atomic mass is 9.96. The Balaban J connectivity index is 1.56. The van der Waals surface area contributed by atoms with Crippen molar-refractivity contribution in [3.05, 3.63) is 62.6 Å². The maximum atomic E-state index is 6.39. The molecule has 1 saturated heterocycles. The molecule has 4 rings (SSSR count). The highest BCUT2D eigenvalue weighted by molar-refractivity contribution is 6.42. The molecule has 154 valence electrons. The Labute approximate surface area is 184 Å². The van der Waals surface area contributed by atoms with E-state index in [-0.39, 0.29) is 12.0 Å². The summed E-state index contributed by atoms with van der Waals surface area (Å²) >= 11 is 18.7. The third kappa shape index (κ3) is 4.73. The van der Waals surface area contributed by atoms with Crippen LogP contribution in [0.5, 0.6) is 5.75 Å². The summed E-state index contributed by atoms with van der Waals surface area (Å²) in [6, 6.07) is 11.1. The summed E-state index contributed by atoms with van der Waals surface area (Å²) < 4.78 is 12.3. The van der Waals surface area contributed by atoms with Crippen LogP contribution in [0.3, 0.4) is 0 Å². The normalized spacial score (nSPS) is 21.7. The van der Waals surface area contributed by atoms with Crippen LogP contribution in [0, 0.1) is 5.92 Å². The average molecular weight is 457 g/mol. The Morgan fingerprint density at radius 3 is 2.79 bits per heavy atom. The van der Waals surface area contributed by atoms with Crippen LogP contribution in [0.2, 0.25) is 15.1 Å². The number of halogens is 3. The standard InChI is InChI=1S/C20H20Cl3N3O3/c21-14-5-4-12(8-16(14)23)19-13(9-24-6-7-27-19)10-28-17-3-1-2-15(22)18(17)20-25-11-29-26-20/h1-5,8,13,19,24H,6-7,9-11H2,(H,25,26)/t13-,19-/m0/s1. The van der Waals surface area contributed by atoms with Crippen molar-refractivity contribution in [2.45, 2.75) is 6.10 Å².